The van der Waals surface area contributed by atoms with Crippen LogP contribution in [0.2, 0.25) is 0 Å². The first-order valence-electron chi connectivity index (χ1n) is 6.89. The molecule has 1 atom stereocenters. The topological polar surface area (TPSA) is 26.3 Å². The van der Waals surface area contributed by atoms with Crippen LogP contribution in [0.3, 0.4) is 0 Å². The zero-order valence-corrected chi connectivity index (χ0v) is 15.3. The molecule has 0 fully saturated rings. The molecule has 0 saturated heterocycles. The zero-order chi connectivity index (χ0) is 21.5. The Bertz CT molecular complexity index is 673. The second kappa shape index (κ2) is 7.14. The van der Waals surface area contributed by atoms with Crippen LogP contribution in [0.1, 0.15) is 6.92 Å². The average molecular weight is 454 g/mol. The van der Waals surface area contributed by atoms with Gasteiger partial charge >= 0.3 is 31.0 Å². The predicted octanol–water partition coefficient (Wildman–Crippen LogP) is 7.02. The summed E-state index contributed by atoms with van der Waals surface area (Å²) in [7, 11) is -11.7. The Balaban J connectivity index is 3.74. The fourth-order valence-electron chi connectivity index (χ4n) is 1.81. The van der Waals surface area contributed by atoms with Crippen molar-refractivity contribution in [3.63, 3.8) is 0 Å². The second-order valence-corrected chi connectivity index (χ2v) is 11.2. The van der Waals surface area contributed by atoms with E-state index in [0.717, 1.165) is 25.3 Å². The van der Waals surface area contributed by atoms with E-state index in [2.05, 4.69) is 3.97 Å². The highest BCUT2D eigenvalue weighted by Crippen LogP contribution is 2.82. The van der Waals surface area contributed by atoms with Crippen molar-refractivity contribution in [2.45, 2.75) is 35.5 Å². The molecule has 158 valence electrons. The van der Waals surface area contributed by atoms with Gasteiger partial charge in [-0.2, -0.15) is 43.9 Å². The molecular formula is C13H13F10O2PS. The normalized spacial score (nSPS) is 18.1. The second-order valence-electron chi connectivity index (χ2n) is 5.31. The summed E-state index contributed by atoms with van der Waals surface area (Å²) >= 11 is 0. The molecule has 0 N–H and O–H groups in total. The quantitative estimate of drug-likeness (QED) is 0.341. The van der Waals surface area contributed by atoms with E-state index in [1.807, 2.05) is 0 Å². The lowest BCUT2D eigenvalue weighted by Crippen LogP contribution is -2.48. The van der Waals surface area contributed by atoms with Gasteiger partial charge in [-0.05, 0) is 18.4 Å². The first kappa shape index (κ1) is 24.1. The van der Waals surface area contributed by atoms with Crippen LogP contribution >= 0.6 is 17.7 Å². The molecule has 1 unspecified atom stereocenters. The first-order chi connectivity index (χ1) is 11.9. The van der Waals surface area contributed by atoms with Crippen LogP contribution in [0.4, 0.5) is 43.9 Å². The van der Waals surface area contributed by atoms with Gasteiger partial charge in [-0.3, -0.25) is 8.54 Å². The third kappa shape index (κ3) is 3.95. The van der Waals surface area contributed by atoms with Gasteiger partial charge in [0, 0.05) is 10.6 Å². The van der Waals surface area contributed by atoms with E-state index >= 15 is 0 Å². The molecule has 1 aromatic rings. The lowest BCUT2D eigenvalue weighted by atomic mass is 10.4. The van der Waals surface area contributed by atoms with E-state index in [4.69, 9.17) is 0 Å². The van der Waals surface area contributed by atoms with Gasteiger partial charge in [-0.25, -0.2) is 0 Å². The molecule has 2 nitrogen and oxygen atoms in total. The van der Waals surface area contributed by atoms with Crippen molar-refractivity contribution in [2.24, 2.45) is 0 Å². The zero-order valence-electron chi connectivity index (χ0n) is 13.5. The molecular weight excluding hydrogens is 441 g/mol. The fraction of sp³-hybridized carbons (Fsp3) is 0.538. The van der Waals surface area contributed by atoms with E-state index in [-0.39, 0.29) is 4.90 Å². The Morgan fingerprint density at radius 2 is 1.22 bits per heavy atom. The van der Waals surface area contributed by atoms with E-state index < -0.39 is 47.1 Å². The SMILES string of the molecule is CCS(C)(OP(=O)(C(F)(F)C(F)(F)F)C(F)(F)C(F)(F)F)c1ccccc1. The van der Waals surface area contributed by atoms with Crippen molar-refractivity contribution < 1.29 is 52.4 Å². The Labute approximate surface area is 148 Å². The molecule has 0 heterocycles. The first-order valence-corrected chi connectivity index (χ1v) is 10.6. The third-order valence-corrected chi connectivity index (χ3v) is 10.00. The average Bonchev–Trinajstić information content (AvgIpc) is 2.53. The highest BCUT2D eigenvalue weighted by atomic mass is 32.3. The number of alkyl halides is 10. The number of hydrogen-bond acceptors (Lipinski definition) is 2. The van der Waals surface area contributed by atoms with Gasteiger partial charge < -0.3 is 0 Å². The molecule has 0 aliphatic carbocycles. The van der Waals surface area contributed by atoms with E-state index in [0.29, 0.717) is 0 Å². The third-order valence-electron chi connectivity index (χ3n) is 3.48. The number of hydrogen-bond donors (Lipinski definition) is 0. The smallest absolute Gasteiger partial charge is 0.278 e. The van der Waals surface area contributed by atoms with Gasteiger partial charge in [0.1, 0.15) is 0 Å². The predicted molar refractivity (Wildman–Crippen MR) is 79.5 cm³/mol. The minimum Gasteiger partial charge on any atom is -0.278 e. The summed E-state index contributed by atoms with van der Waals surface area (Å²) in [5.41, 5.74) is -13.9. The molecule has 14 heteroatoms. The molecule has 0 aliphatic rings. The highest BCUT2D eigenvalue weighted by molar-refractivity contribution is 8.31. The van der Waals surface area contributed by atoms with E-state index in [9.17, 15) is 48.5 Å². The van der Waals surface area contributed by atoms with Gasteiger partial charge in [0.05, 0.1) is 0 Å². The Morgan fingerprint density at radius 3 is 1.52 bits per heavy atom. The van der Waals surface area contributed by atoms with Crippen molar-refractivity contribution in [1.29, 1.82) is 0 Å². The monoisotopic (exact) mass is 454 g/mol. The maximum absolute atomic E-state index is 13.7. The molecule has 0 aliphatic heterocycles. The van der Waals surface area contributed by atoms with Crippen LogP contribution in [-0.4, -0.2) is 35.7 Å². The van der Waals surface area contributed by atoms with Crippen LogP contribution in [0.5, 0.6) is 0 Å². The summed E-state index contributed by atoms with van der Waals surface area (Å²) in [5.74, 6) is -0.553. The van der Waals surface area contributed by atoms with Crippen molar-refractivity contribution in [3.05, 3.63) is 30.3 Å². The van der Waals surface area contributed by atoms with Gasteiger partial charge in [-0.1, -0.05) is 25.1 Å². The maximum Gasteiger partial charge on any atom is 0.463 e. The minimum atomic E-state index is -8.05. The van der Waals surface area contributed by atoms with Crippen LogP contribution < -0.4 is 0 Å². The Hall–Kier alpha value is -0.940. The molecule has 27 heavy (non-hydrogen) atoms. The molecule has 0 amide bonds. The summed E-state index contributed by atoms with van der Waals surface area (Å²) in [6, 6.07) is 5.97. The standard InChI is InChI=1S/C13H13F10O2PS/c1-3-27(2,9-7-5-4-6-8-9)25-26(24,12(20,21)10(14,15)16)13(22,23)11(17,18)19/h4-8H,3H2,1-2H3. The summed E-state index contributed by atoms with van der Waals surface area (Å²) in [5, 5.41) is 0. The van der Waals surface area contributed by atoms with Crippen molar-refractivity contribution in [1.82, 2.24) is 0 Å². The molecule has 0 aromatic heterocycles. The number of rotatable bonds is 6. The molecule has 0 bridgehead atoms. The van der Waals surface area contributed by atoms with Crippen molar-refractivity contribution in [2.75, 3.05) is 12.0 Å². The molecule has 1 rings (SSSR count). The van der Waals surface area contributed by atoms with Gasteiger partial charge in [0.2, 0.25) is 0 Å². The van der Waals surface area contributed by atoms with Crippen LogP contribution in [-0.2, 0) is 8.54 Å². The van der Waals surface area contributed by atoms with E-state index in [1.54, 1.807) is 0 Å². The number of benzene rings is 1. The van der Waals surface area contributed by atoms with Crippen molar-refractivity contribution in [3.8, 4) is 0 Å². The van der Waals surface area contributed by atoms with Crippen LogP contribution in [0.25, 0.3) is 0 Å². The van der Waals surface area contributed by atoms with E-state index in [1.165, 1.54) is 18.2 Å². The largest absolute Gasteiger partial charge is 0.463 e. The Kier molecular flexibility index (Phi) is 6.38. The Morgan fingerprint density at radius 1 is 0.852 bits per heavy atom. The summed E-state index contributed by atoms with van der Waals surface area (Å²) in [4.78, 5) is -0.233. The molecule has 0 spiro atoms. The lowest BCUT2D eigenvalue weighted by molar-refractivity contribution is -0.270. The van der Waals surface area contributed by atoms with Crippen LogP contribution in [0.15, 0.2) is 35.2 Å². The summed E-state index contributed by atoms with van der Waals surface area (Å²) < 4.78 is 147. The van der Waals surface area contributed by atoms with Gasteiger partial charge in [0.25, 0.3) is 0 Å². The molecule has 0 radical (unpaired) electrons. The lowest BCUT2D eigenvalue weighted by Gasteiger charge is -2.42. The number of halogens is 10. The maximum atomic E-state index is 13.7. The summed E-state index contributed by atoms with van der Waals surface area (Å²) in [6.07, 6.45) is -13.2. The van der Waals surface area contributed by atoms with Crippen LogP contribution in [0, 0.1) is 0 Å². The van der Waals surface area contributed by atoms with Crippen molar-refractivity contribution >= 4 is 17.7 Å². The fourth-order valence-corrected chi connectivity index (χ4v) is 7.26. The summed E-state index contributed by atoms with van der Waals surface area (Å²) in [6.45, 7) is 1.10. The highest BCUT2D eigenvalue weighted by Gasteiger charge is 2.85. The molecule has 0 saturated carbocycles. The molecule has 1 aromatic carbocycles. The van der Waals surface area contributed by atoms with Gasteiger partial charge in [0.15, 0.2) is 0 Å². The van der Waals surface area contributed by atoms with Gasteiger partial charge in [-0.15, -0.1) is 10.3 Å². The minimum absolute atomic E-state index is 0.233.